The zero-order valence-electron chi connectivity index (χ0n) is 17.5. The first-order chi connectivity index (χ1) is 14.8. The highest BCUT2D eigenvalue weighted by atomic mass is 32.2. The molecule has 0 unspecified atom stereocenters. The van der Waals surface area contributed by atoms with Crippen LogP contribution >= 0.6 is 11.3 Å². The molecule has 3 aromatic rings. The van der Waals surface area contributed by atoms with Crippen LogP contribution in [0.4, 0.5) is 5.13 Å². The topological polar surface area (TPSA) is 79.4 Å². The van der Waals surface area contributed by atoms with E-state index in [0.717, 1.165) is 16.8 Å². The van der Waals surface area contributed by atoms with E-state index in [0.29, 0.717) is 36.0 Å². The van der Waals surface area contributed by atoms with Gasteiger partial charge in [0.25, 0.3) is 0 Å². The number of sulfonamides is 1. The number of benzene rings is 2. The molecule has 0 radical (unpaired) electrons. The van der Waals surface area contributed by atoms with Crippen LogP contribution in [0.1, 0.15) is 24.0 Å². The Labute approximate surface area is 187 Å². The second kappa shape index (κ2) is 8.90. The van der Waals surface area contributed by atoms with Crippen molar-refractivity contribution in [1.82, 2.24) is 9.29 Å². The summed E-state index contributed by atoms with van der Waals surface area (Å²) < 4.78 is 27.0. The van der Waals surface area contributed by atoms with Crippen molar-refractivity contribution in [3.63, 3.8) is 0 Å². The van der Waals surface area contributed by atoms with Gasteiger partial charge in [0.2, 0.25) is 15.9 Å². The van der Waals surface area contributed by atoms with E-state index < -0.39 is 10.0 Å². The number of amides is 1. The molecule has 4 rings (SSSR count). The molecule has 6 nitrogen and oxygen atoms in total. The lowest BCUT2D eigenvalue weighted by molar-refractivity contribution is -0.120. The molecule has 2 heterocycles. The Morgan fingerprint density at radius 2 is 1.81 bits per heavy atom. The van der Waals surface area contributed by atoms with Gasteiger partial charge < -0.3 is 5.32 Å². The third-order valence-electron chi connectivity index (χ3n) is 5.60. The standard InChI is InChI=1S/C23H25N3O3S2/c1-16-8-9-20(17(2)14-16)21-15-30-23(24-21)25-22(27)18-10-12-26(13-11-18)31(28,29)19-6-4-3-5-7-19/h3-9,14-15,18H,10-13H2,1-2H3,(H,24,25,27). The summed E-state index contributed by atoms with van der Waals surface area (Å²) in [6.45, 7) is 4.78. The molecular weight excluding hydrogens is 430 g/mol. The largest absolute Gasteiger partial charge is 0.302 e. The number of thiazole rings is 1. The zero-order chi connectivity index (χ0) is 22.0. The molecule has 1 aliphatic heterocycles. The first-order valence-corrected chi connectivity index (χ1v) is 12.6. The molecule has 1 N–H and O–H groups in total. The van der Waals surface area contributed by atoms with Crippen LogP contribution in [0, 0.1) is 19.8 Å². The van der Waals surface area contributed by atoms with Gasteiger partial charge in [-0.15, -0.1) is 11.3 Å². The number of rotatable bonds is 5. The fourth-order valence-electron chi connectivity index (χ4n) is 3.86. The molecule has 2 aromatic carbocycles. The molecule has 1 fully saturated rings. The van der Waals surface area contributed by atoms with E-state index in [-0.39, 0.29) is 11.8 Å². The zero-order valence-corrected chi connectivity index (χ0v) is 19.2. The fourth-order valence-corrected chi connectivity index (χ4v) is 6.07. The van der Waals surface area contributed by atoms with Crippen LogP contribution in [0.3, 0.4) is 0 Å². The minimum absolute atomic E-state index is 0.0988. The van der Waals surface area contributed by atoms with Gasteiger partial charge in [-0.25, -0.2) is 13.4 Å². The molecule has 0 bridgehead atoms. The first-order valence-electron chi connectivity index (χ1n) is 10.2. The molecule has 0 spiro atoms. The first kappa shape index (κ1) is 21.7. The number of carbonyl (C=O) groups is 1. The van der Waals surface area contributed by atoms with Crippen LogP contribution in [-0.4, -0.2) is 36.7 Å². The van der Waals surface area contributed by atoms with E-state index in [9.17, 15) is 13.2 Å². The summed E-state index contributed by atoms with van der Waals surface area (Å²) in [7, 11) is -3.51. The SMILES string of the molecule is Cc1ccc(-c2csc(NC(=O)C3CCN(S(=O)(=O)c4ccccc4)CC3)n2)c(C)c1. The van der Waals surface area contributed by atoms with Gasteiger partial charge in [0.1, 0.15) is 0 Å². The Hall–Kier alpha value is -2.55. The predicted octanol–water partition coefficient (Wildman–Crippen LogP) is 4.47. The van der Waals surface area contributed by atoms with Gasteiger partial charge in [0, 0.05) is 30.0 Å². The Balaban J connectivity index is 1.37. The van der Waals surface area contributed by atoms with Crippen molar-refractivity contribution in [1.29, 1.82) is 0 Å². The van der Waals surface area contributed by atoms with E-state index in [1.807, 2.05) is 11.4 Å². The van der Waals surface area contributed by atoms with Crippen molar-refractivity contribution in [2.24, 2.45) is 5.92 Å². The van der Waals surface area contributed by atoms with Gasteiger partial charge in [-0.05, 0) is 44.4 Å². The highest BCUT2D eigenvalue weighted by Gasteiger charge is 2.32. The van der Waals surface area contributed by atoms with Crippen molar-refractivity contribution < 1.29 is 13.2 Å². The second-order valence-corrected chi connectivity index (χ2v) is 10.6. The number of piperidine rings is 1. The smallest absolute Gasteiger partial charge is 0.243 e. The maximum atomic E-state index is 12.8. The lowest BCUT2D eigenvalue weighted by Crippen LogP contribution is -2.41. The molecule has 31 heavy (non-hydrogen) atoms. The summed E-state index contributed by atoms with van der Waals surface area (Å²) in [6, 6.07) is 14.6. The minimum atomic E-state index is -3.51. The lowest BCUT2D eigenvalue weighted by Gasteiger charge is -2.30. The number of aryl methyl sites for hydroxylation is 2. The summed E-state index contributed by atoms with van der Waals surface area (Å²) >= 11 is 1.40. The molecule has 1 aromatic heterocycles. The van der Waals surface area contributed by atoms with E-state index in [1.54, 1.807) is 30.3 Å². The Morgan fingerprint density at radius 3 is 2.48 bits per heavy atom. The monoisotopic (exact) mass is 455 g/mol. The number of aromatic nitrogens is 1. The van der Waals surface area contributed by atoms with Crippen LogP contribution < -0.4 is 5.32 Å². The molecular formula is C23H25N3O3S2. The average molecular weight is 456 g/mol. The Kier molecular flexibility index (Phi) is 6.22. The maximum Gasteiger partial charge on any atom is 0.243 e. The predicted molar refractivity (Wildman–Crippen MR) is 124 cm³/mol. The normalized spacial score (nSPS) is 15.7. The number of anilines is 1. The fraction of sp³-hybridized carbons (Fsp3) is 0.304. The van der Waals surface area contributed by atoms with Crippen molar-refractivity contribution >= 4 is 32.4 Å². The lowest BCUT2D eigenvalue weighted by atomic mass is 9.97. The number of carbonyl (C=O) groups excluding carboxylic acids is 1. The van der Waals surface area contributed by atoms with Crippen LogP contribution in [0.25, 0.3) is 11.3 Å². The number of hydrogen-bond donors (Lipinski definition) is 1. The molecule has 1 saturated heterocycles. The van der Waals surface area contributed by atoms with Crippen molar-refractivity contribution in [2.75, 3.05) is 18.4 Å². The van der Waals surface area contributed by atoms with Crippen LogP contribution in [0.15, 0.2) is 58.8 Å². The van der Waals surface area contributed by atoms with E-state index >= 15 is 0 Å². The Morgan fingerprint density at radius 1 is 1.10 bits per heavy atom. The summed E-state index contributed by atoms with van der Waals surface area (Å²) in [6.07, 6.45) is 0.987. The van der Waals surface area contributed by atoms with E-state index in [2.05, 4.69) is 36.3 Å². The van der Waals surface area contributed by atoms with Crippen LogP contribution in [0.5, 0.6) is 0 Å². The van der Waals surface area contributed by atoms with E-state index in [4.69, 9.17) is 0 Å². The van der Waals surface area contributed by atoms with Gasteiger partial charge in [-0.2, -0.15) is 4.31 Å². The van der Waals surface area contributed by atoms with Crippen molar-refractivity contribution in [3.05, 3.63) is 65.0 Å². The molecule has 0 saturated carbocycles. The second-order valence-electron chi connectivity index (χ2n) is 7.84. The third-order valence-corrected chi connectivity index (χ3v) is 8.27. The summed E-state index contributed by atoms with van der Waals surface area (Å²) in [5.74, 6) is -0.325. The van der Waals surface area contributed by atoms with Gasteiger partial charge in [0.15, 0.2) is 5.13 Å². The maximum absolute atomic E-state index is 12.8. The number of nitrogens with one attached hydrogen (secondary N) is 1. The van der Waals surface area contributed by atoms with Gasteiger partial charge >= 0.3 is 0 Å². The number of nitrogens with zero attached hydrogens (tertiary/aromatic N) is 2. The van der Waals surface area contributed by atoms with Crippen molar-refractivity contribution in [3.8, 4) is 11.3 Å². The number of hydrogen-bond acceptors (Lipinski definition) is 5. The Bertz CT molecular complexity index is 1180. The molecule has 0 aliphatic carbocycles. The van der Waals surface area contributed by atoms with Gasteiger partial charge in [0.05, 0.1) is 10.6 Å². The van der Waals surface area contributed by atoms with E-state index in [1.165, 1.54) is 21.2 Å². The van der Waals surface area contributed by atoms with Crippen molar-refractivity contribution in [2.45, 2.75) is 31.6 Å². The summed E-state index contributed by atoms with van der Waals surface area (Å²) in [4.78, 5) is 17.6. The van der Waals surface area contributed by atoms with Crippen LogP contribution in [-0.2, 0) is 14.8 Å². The molecule has 0 atom stereocenters. The average Bonchev–Trinajstić information content (AvgIpc) is 3.22. The molecule has 1 aliphatic rings. The molecule has 8 heteroatoms. The summed E-state index contributed by atoms with van der Waals surface area (Å²) in [5.41, 5.74) is 4.25. The highest BCUT2D eigenvalue weighted by Crippen LogP contribution is 2.29. The van der Waals surface area contributed by atoms with Gasteiger partial charge in [-0.3, -0.25) is 4.79 Å². The van der Waals surface area contributed by atoms with Crippen LogP contribution in [0.2, 0.25) is 0 Å². The molecule has 162 valence electrons. The van der Waals surface area contributed by atoms with Gasteiger partial charge in [-0.1, -0.05) is 42.0 Å². The third kappa shape index (κ3) is 4.71. The summed E-state index contributed by atoms with van der Waals surface area (Å²) in [5, 5.41) is 5.43. The quantitative estimate of drug-likeness (QED) is 0.616. The minimum Gasteiger partial charge on any atom is -0.302 e. The highest BCUT2D eigenvalue weighted by molar-refractivity contribution is 7.89. The molecule has 1 amide bonds.